The molecule has 2 aromatic carbocycles. The lowest BCUT2D eigenvalue weighted by Gasteiger charge is -2.31. The van der Waals surface area contributed by atoms with Gasteiger partial charge >= 0.3 is 0 Å². The van der Waals surface area contributed by atoms with Crippen LogP contribution in [-0.2, 0) is 21.9 Å². The normalized spacial score (nSPS) is 17.3. The summed E-state index contributed by atoms with van der Waals surface area (Å²) in [6, 6.07) is 17.9. The van der Waals surface area contributed by atoms with E-state index in [-0.39, 0.29) is 5.41 Å². The molecule has 0 atom stereocenters. The van der Waals surface area contributed by atoms with Crippen molar-refractivity contribution in [2.24, 2.45) is 5.92 Å². The lowest BCUT2D eigenvalue weighted by atomic mass is 9.87. The van der Waals surface area contributed by atoms with Crippen molar-refractivity contribution in [1.29, 1.82) is 0 Å². The Hall–Kier alpha value is -1.65. The Balaban J connectivity index is 1.64. The van der Waals surface area contributed by atoms with Gasteiger partial charge in [0, 0.05) is 13.1 Å². The molecule has 0 bridgehead atoms. The molecule has 1 aliphatic heterocycles. The zero-order chi connectivity index (χ0) is 18.8. The molecule has 0 N–H and O–H groups in total. The fourth-order valence-corrected chi connectivity index (χ4v) is 5.05. The maximum atomic E-state index is 12.9. The second-order valence-corrected chi connectivity index (χ2v) is 10.2. The van der Waals surface area contributed by atoms with Crippen LogP contribution in [0.4, 0.5) is 0 Å². The third-order valence-corrected chi connectivity index (χ3v) is 7.21. The minimum absolute atomic E-state index is 0.0259. The van der Waals surface area contributed by atoms with Gasteiger partial charge in [0.15, 0.2) is 0 Å². The van der Waals surface area contributed by atoms with Crippen molar-refractivity contribution in [2.75, 3.05) is 13.1 Å². The van der Waals surface area contributed by atoms with E-state index in [1.54, 1.807) is 16.4 Å². The largest absolute Gasteiger partial charge is 0.243 e. The third-order valence-electron chi connectivity index (χ3n) is 5.30. The highest BCUT2D eigenvalue weighted by atomic mass is 32.2. The minimum Gasteiger partial charge on any atom is -0.207 e. The van der Waals surface area contributed by atoms with E-state index in [0.29, 0.717) is 23.9 Å². The van der Waals surface area contributed by atoms with E-state index >= 15 is 0 Å². The van der Waals surface area contributed by atoms with Gasteiger partial charge in [-0.05, 0) is 53.9 Å². The maximum absolute atomic E-state index is 12.9. The zero-order valence-electron chi connectivity index (χ0n) is 16.0. The van der Waals surface area contributed by atoms with Crippen LogP contribution in [0.5, 0.6) is 0 Å². The Morgan fingerprint density at radius 2 is 1.50 bits per heavy atom. The molecule has 3 rings (SSSR count). The summed E-state index contributed by atoms with van der Waals surface area (Å²) >= 11 is 0. The zero-order valence-corrected chi connectivity index (χ0v) is 16.8. The van der Waals surface area contributed by atoms with Crippen LogP contribution in [0.15, 0.2) is 59.5 Å². The number of sulfonamides is 1. The van der Waals surface area contributed by atoms with Crippen LogP contribution in [0.25, 0.3) is 0 Å². The van der Waals surface area contributed by atoms with Crippen LogP contribution in [0, 0.1) is 5.92 Å². The Morgan fingerprint density at radius 3 is 2.04 bits per heavy atom. The summed E-state index contributed by atoms with van der Waals surface area (Å²) in [5.74, 6) is 0.562. The summed E-state index contributed by atoms with van der Waals surface area (Å²) in [7, 11) is -3.39. The van der Waals surface area contributed by atoms with E-state index in [0.717, 1.165) is 24.8 Å². The number of hydrogen-bond donors (Lipinski definition) is 0. The molecule has 0 spiro atoms. The number of nitrogens with zero attached hydrogens (tertiary/aromatic N) is 1. The fraction of sp³-hybridized carbons (Fsp3) is 0.455. The number of benzene rings is 2. The first kappa shape index (κ1) is 19.1. The Morgan fingerprint density at radius 1 is 0.923 bits per heavy atom. The van der Waals surface area contributed by atoms with Crippen LogP contribution < -0.4 is 0 Å². The lowest BCUT2D eigenvalue weighted by Crippen LogP contribution is -2.38. The van der Waals surface area contributed by atoms with Gasteiger partial charge < -0.3 is 0 Å². The first-order valence-corrected chi connectivity index (χ1v) is 10.9. The number of rotatable bonds is 4. The van der Waals surface area contributed by atoms with E-state index < -0.39 is 10.0 Å². The summed E-state index contributed by atoms with van der Waals surface area (Å²) in [5, 5.41) is 0. The molecule has 1 heterocycles. The Bertz CT molecular complexity index is 813. The monoisotopic (exact) mass is 371 g/mol. The first-order chi connectivity index (χ1) is 12.3. The maximum Gasteiger partial charge on any atom is 0.243 e. The molecule has 0 aromatic heterocycles. The Kier molecular flexibility index (Phi) is 5.54. The van der Waals surface area contributed by atoms with Crippen LogP contribution >= 0.6 is 0 Å². The minimum atomic E-state index is -3.39. The van der Waals surface area contributed by atoms with Crippen molar-refractivity contribution < 1.29 is 8.42 Å². The topological polar surface area (TPSA) is 37.4 Å². The van der Waals surface area contributed by atoms with Gasteiger partial charge in [-0.15, -0.1) is 0 Å². The number of piperidine rings is 1. The van der Waals surface area contributed by atoms with E-state index in [4.69, 9.17) is 0 Å². The molecule has 26 heavy (non-hydrogen) atoms. The Labute approximate surface area is 158 Å². The quantitative estimate of drug-likeness (QED) is 0.786. The highest BCUT2D eigenvalue weighted by molar-refractivity contribution is 7.89. The molecule has 1 saturated heterocycles. The van der Waals surface area contributed by atoms with Crippen molar-refractivity contribution in [1.82, 2.24) is 4.31 Å². The van der Waals surface area contributed by atoms with E-state index in [1.165, 1.54) is 5.56 Å². The summed E-state index contributed by atoms with van der Waals surface area (Å²) in [6.07, 6.45) is 2.89. The molecule has 0 aliphatic carbocycles. The van der Waals surface area contributed by atoms with Gasteiger partial charge in [0.05, 0.1) is 4.90 Å². The van der Waals surface area contributed by atoms with Crippen LogP contribution in [-0.4, -0.2) is 25.8 Å². The molecule has 0 saturated carbocycles. The highest BCUT2D eigenvalue weighted by Crippen LogP contribution is 2.28. The highest BCUT2D eigenvalue weighted by Gasteiger charge is 2.29. The van der Waals surface area contributed by atoms with Gasteiger partial charge in [-0.25, -0.2) is 8.42 Å². The summed E-state index contributed by atoms with van der Waals surface area (Å²) in [5.41, 5.74) is 2.52. The van der Waals surface area contributed by atoms with Crippen molar-refractivity contribution in [3.63, 3.8) is 0 Å². The molecule has 140 valence electrons. The van der Waals surface area contributed by atoms with Gasteiger partial charge in [0.25, 0.3) is 0 Å². The second kappa shape index (κ2) is 7.53. The predicted octanol–water partition coefficient (Wildman–Crippen LogP) is 4.63. The molecule has 1 fully saturated rings. The standard InChI is InChI=1S/C22H29NO2S/c1-22(2,3)20-9-11-21(12-10-20)26(24,25)23-15-13-19(14-16-23)17-18-7-5-4-6-8-18/h4-12,19H,13-17H2,1-3H3. The average Bonchev–Trinajstić information content (AvgIpc) is 2.62. The molecular weight excluding hydrogens is 342 g/mol. The van der Waals surface area contributed by atoms with Crippen molar-refractivity contribution in [2.45, 2.75) is 50.3 Å². The van der Waals surface area contributed by atoms with Gasteiger partial charge in [-0.2, -0.15) is 4.31 Å². The first-order valence-electron chi connectivity index (χ1n) is 9.41. The van der Waals surface area contributed by atoms with Gasteiger partial charge in [0.2, 0.25) is 10.0 Å². The molecule has 0 unspecified atom stereocenters. The molecule has 0 radical (unpaired) electrons. The second-order valence-electron chi connectivity index (χ2n) is 8.31. The van der Waals surface area contributed by atoms with Crippen molar-refractivity contribution in [3.05, 3.63) is 65.7 Å². The smallest absolute Gasteiger partial charge is 0.207 e. The summed E-state index contributed by atoms with van der Waals surface area (Å²) < 4.78 is 27.5. The van der Waals surface area contributed by atoms with Crippen LogP contribution in [0.2, 0.25) is 0 Å². The molecule has 3 nitrogen and oxygen atoms in total. The summed E-state index contributed by atoms with van der Waals surface area (Å²) in [6.45, 7) is 7.62. The van der Waals surface area contributed by atoms with Crippen LogP contribution in [0.1, 0.15) is 44.7 Å². The third kappa shape index (κ3) is 4.36. The summed E-state index contributed by atoms with van der Waals surface area (Å²) in [4.78, 5) is 0.409. The molecule has 4 heteroatoms. The van der Waals surface area contributed by atoms with Gasteiger partial charge in [-0.3, -0.25) is 0 Å². The van der Waals surface area contributed by atoms with Gasteiger partial charge in [0.1, 0.15) is 0 Å². The van der Waals surface area contributed by atoms with E-state index in [1.807, 2.05) is 18.2 Å². The van der Waals surface area contributed by atoms with Crippen molar-refractivity contribution in [3.8, 4) is 0 Å². The SMILES string of the molecule is CC(C)(C)c1ccc(S(=O)(=O)N2CCC(Cc3ccccc3)CC2)cc1. The average molecular weight is 372 g/mol. The fourth-order valence-electron chi connectivity index (χ4n) is 3.58. The number of hydrogen-bond acceptors (Lipinski definition) is 2. The van der Waals surface area contributed by atoms with Gasteiger partial charge in [-0.1, -0.05) is 63.2 Å². The predicted molar refractivity (Wildman–Crippen MR) is 107 cm³/mol. The molecule has 0 amide bonds. The van der Waals surface area contributed by atoms with Crippen molar-refractivity contribution >= 4 is 10.0 Å². The van der Waals surface area contributed by atoms with Crippen LogP contribution in [0.3, 0.4) is 0 Å². The van der Waals surface area contributed by atoms with E-state index in [9.17, 15) is 8.42 Å². The lowest BCUT2D eigenvalue weighted by molar-refractivity contribution is 0.273. The molecule has 1 aliphatic rings. The van der Waals surface area contributed by atoms with E-state index in [2.05, 4.69) is 45.0 Å². The molecule has 2 aromatic rings. The molecular formula is C22H29NO2S.